The minimum Gasteiger partial charge on any atom is -0.483 e. The molecule has 0 saturated heterocycles. The smallest absolute Gasteiger partial charge is 0.195 e. The van der Waals surface area contributed by atoms with Gasteiger partial charge in [0, 0.05) is 5.69 Å². The molecule has 0 fully saturated rings. The number of hydrogen-bond donors (Lipinski definition) is 0. The first-order chi connectivity index (χ1) is 11.3. The van der Waals surface area contributed by atoms with Crippen molar-refractivity contribution < 1.29 is 9.13 Å². The first-order valence-corrected chi connectivity index (χ1v) is 8.28. The topological polar surface area (TPSA) is 39.9 Å². The van der Waals surface area contributed by atoms with Gasteiger partial charge in [-0.2, -0.15) is 0 Å². The highest BCUT2D eigenvalue weighted by Crippen LogP contribution is 2.23. The summed E-state index contributed by atoms with van der Waals surface area (Å²) in [6, 6.07) is 16.2. The molecular weight excluding hydrogens is 313 g/mol. The third kappa shape index (κ3) is 3.53. The van der Waals surface area contributed by atoms with E-state index in [1.807, 2.05) is 34.9 Å². The van der Waals surface area contributed by atoms with Gasteiger partial charge in [0.1, 0.15) is 6.61 Å². The average molecular weight is 329 g/mol. The van der Waals surface area contributed by atoms with Crippen LogP contribution in [0.5, 0.6) is 5.75 Å². The molecule has 3 aromatic rings. The van der Waals surface area contributed by atoms with Crippen LogP contribution in [0.3, 0.4) is 0 Å². The quantitative estimate of drug-likeness (QED) is 0.638. The van der Waals surface area contributed by atoms with Crippen LogP contribution < -0.4 is 4.74 Å². The van der Waals surface area contributed by atoms with Crippen LogP contribution in [0.1, 0.15) is 12.7 Å². The van der Waals surface area contributed by atoms with Gasteiger partial charge in [-0.1, -0.05) is 49.0 Å². The number of aromatic nitrogens is 3. The van der Waals surface area contributed by atoms with Crippen LogP contribution in [-0.2, 0) is 6.61 Å². The SMILES string of the molecule is CCSc1nnc(COc2ccccc2F)n1-c1ccccc1. The van der Waals surface area contributed by atoms with Gasteiger partial charge in [-0.25, -0.2) is 4.39 Å². The van der Waals surface area contributed by atoms with Gasteiger partial charge in [0.2, 0.25) is 0 Å². The predicted molar refractivity (Wildman–Crippen MR) is 88.5 cm³/mol. The highest BCUT2D eigenvalue weighted by molar-refractivity contribution is 7.99. The summed E-state index contributed by atoms with van der Waals surface area (Å²) in [5.41, 5.74) is 0.959. The van der Waals surface area contributed by atoms with Crippen molar-refractivity contribution >= 4 is 11.8 Å². The molecule has 1 aromatic heterocycles. The summed E-state index contributed by atoms with van der Waals surface area (Å²) in [7, 11) is 0. The molecule has 0 aliphatic heterocycles. The van der Waals surface area contributed by atoms with Crippen molar-refractivity contribution in [3.05, 3.63) is 66.2 Å². The number of thioether (sulfide) groups is 1. The van der Waals surface area contributed by atoms with Gasteiger partial charge < -0.3 is 4.74 Å². The van der Waals surface area contributed by atoms with Crippen molar-refractivity contribution in [3.63, 3.8) is 0 Å². The molecule has 1 heterocycles. The Bertz CT molecular complexity index is 777. The lowest BCUT2D eigenvalue weighted by Crippen LogP contribution is -2.07. The van der Waals surface area contributed by atoms with Gasteiger partial charge in [-0.05, 0) is 30.0 Å². The summed E-state index contributed by atoms with van der Waals surface area (Å²) in [5, 5.41) is 9.22. The van der Waals surface area contributed by atoms with E-state index in [1.165, 1.54) is 6.07 Å². The number of benzene rings is 2. The standard InChI is InChI=1S/C17H16FN3OS/c1-2-23-17-20-19-16(21(17)13-8-4-3-5-9-13)12-22-15-11-7-6-10-14(15)18/h3-11H,2,12H2,1H3. The van der Waals surface area contributed by atoms with Gasteiger partial charge in [-0.15, -0.1) is 10.2 Å². The van der Waals surface area contributed by atoms with Gasteiger partial charge in [0.25, 0.3) is 0 Å². The Kier molecular flexibility index (Phi) is 4.92. The molecule has 0 N–H and O–H groups in total. The molecule has 0 radical (unpaired) electrons. The predicted octanol–water partition coefficient (Wildman–Crippen LogP) is 4.10. The van der Waals surface area contributed by atoms with Crippen LogP contribution in [-0.4, -0.2) is 20.5 Å². The highest BCUT2D eigenvalue weighted by Gasteiger charge is 2.15. The first-order valence-electron chi connectivity index (χ1n) is 7.29. The van der Waals surface area contributed by atoms with Crippen molar-refractivity contribution in [2.75, 3.05) is 5.75 Å². The molecule has 0 saturated carbocycles. The zero-order chi connectivity index (χ0) is 16.1. The van der Waals surface area contributed by atoms with E-state index in [-0.39, 0.29) is 18.2 Å². The van der Waals surface area contributed by atoms with E-state index in [2.05, 4.69) is 17.1 Å². The number of para-hydroxylation sites is 2. The number of hydrogen-bond acceptors (Lipinski definition) is 4. The molecule has 6 heteroatoms. The van der Waals surface area contributed by atoms with E-state index >= 15 is 0 Å². The monoisotopic (exact) mass is 329 g/mol. The van der Waals surface area contributed by atoms with E-state index in [0.29, 0.717) is 5.82 Å². The maximum absolute atomic E-state index is 13.7. The Morgan fingerprint density at radius 1 is 1.04 bits per heavy atom. The zero-order valence-corrected chi connectivity index (χ0v) is 13.5. The lowest BCUT2D eigenvalue weighted by Gasteiger charge is -2.11. The van der Waals surface area contributed by atoms with Gasteiger partial charge in [0.05, 0.1) is 0 Å². The Hall–Kier alpha value is -2.34. The summed E-state index contributed by atoms with van der Waals surface area (Å²) in [6.45, 7) is 2.21. The third-order valence-corrected chi connectivity index (χ3v) is 3.99. The average Bonchev–Trinajstić information content (AvgIpc) is 2.98. The lowest BCUT2D eigenvalue weighted by atomic mass is 10.3. The van der Waals surface area contributed by atoms with E-state index in [4.69, 9.17) is 4.74 Å². The van der Waals surface area contributed by atoms with E-state index < -0.39 is 0 Å². The van der Waals surface area contributed by atoms with Crippen LogP contribution in [0.25, 0.3) is 5.69 Å². The van der Waals surface area contributed by atoms with Crippen LogP contribution >= 0.6 is 11.8 Å². The molecule has 0 aliphatic carbocycles. The van der Waals surface area contributed by atoms with E-state index in [1.54, 1.807) is 30.0 Å². The molecule has 0 spiro atoms. The Labute approximate surface area is 138 Å². The van der Waals surface area contributed by atoms with Gasteiger partial charge in [0.15, 0.2) is 22.5 Å². The minimum absolute atomic E-state index is 0.146. The van der Waals surface area contributed by atoms with Gasteiger partial charge in [-0.3, -0.25) is 4.57 Å². The second-order valence-corrected chi connectivity index (χ2v) is 5.95. The van der Waals surface area contributed by atoms with E-state index in [9.17, 15) is 4.39 Å². The molecule has 4 nitrogen and oxygen atoms in total. The van der Waals surface area contributed by atoms with Crippen LogP contribution in [0.15, 0.2) is 59.8 Å². The maximum atomic E-state index is 13.7. The molecule has 3 rings (SSSR count). The number of rotatable bonds is 6. The molecule has 0 aliphatic rings. The number of nitrogens with zero attached hydrogens (tertiary/aromatic N) is 3. The largest absolute Gasteiger partial charge is 0.483 e. The fourth-order valence-electron chi connectivity index (χ4n) is 2.16. The number of ether oxygens (including phenoxy) is 1. The van der Waals surface area contributed by atoms with Crippen molar-refractivity contribution in [1.82, 2.24) is 14.8 Å². The summed E-state index contributed by atoms with van der Waals surface area (Å²) in [4.78, 5) is 0. The lowest BCUT2D eigenvalue weighted by molar-refractivity contribution is 0.278. The second kappa shape index (κ2) is 7.28. The van der Waals surface area contributed by atoms with Crippen molar-refractivity contribution in [1.29, 1.82) is 0 Å². The third-order valence-electron chi connectivity index (χ3n) is 3.18. The summed E-state index contributed by atoms with van der Waals surface area (Å²) in [6.07, 6.45) is 0. The van der Waals surface area contributed by atoms with Crippen LogP contribution in [0.4, 0.5) is 4.39 Å². The minimum atomic E-state index is -0.388. The summed E-state index contributed by atoms with van der Waals surface area (Å²) < 4.78 is 21.2. The van der Waals surface area contributed by atoms with Crippen molar-refractivity contribution in [2.24, 2.45) is 0 Å². The van der Waals surface area contributed by atoms with Crippen LogP contribution in [0.2, 0.25) is 0 Å². The molecular formula is C17H16FN3OS. The Morgan fingerprint density at radius 3 is 2.52 bits per heavy atom. The normalized spacial score (nSPS) is 10.7. The fourth-order valence-corrected chi connectivity index (χ4v) is 2.85. The van der Waals surface area contributed by atoms with Crippen LogP contribution in [0, 0.1) is 5.82 Å². The van der Waals surface area contributed by atoms with Gasteiger partial charge >= 0.3 is 0 Å². The second-order valence-electron chi connectivity index (χ2n) is 4.72. The van der Waals surface area contributed by atoms with Crippen molar-refractivity contribution in [3.8, 4) is 11.4 Å². The maximum Gasteiger partial charge on any atom is 0.195 e. The molecule has 0 unspecified atom stereocenters. The molecule has 23 heavy (non-hydrogen) atoms. The molecule has 2 aromatic carbocycles. The molecule has 118 valence electrons. The van der Waals surface area contributed by atoms with Crippen molar-refractivity contribution in [2.45, 2.75) is 18.7 Å². The fraction of sp³-hybridized carbons (Fsp3) is 0.176. The first kappa shape index (κ1) is 15.6. The summed E-state index contributed by atoms with van der Waals surface area (Å²) >= 11 is 1.60. The number of halogens is 1. The highest BCUT2D eigenvalue weighted by atomic mass is 32.2. The Morgan fingerprint density at radius 2 is 1.78 bits per heavy atom. The zero-order valence-electron chi connectivity index (χ0n) is 12.6. The Balaban J connectivity index is 1.89. The molecule has 0 bridgehead atoms. The van der Waals surface area contributed by atoms with E-state index in [0.717, 1.165) is 16.6 Å². The molecule has 0 amide bonds. The summed E-state index contributed by atoms with van der Waals surface area (Å²) in [5.74, 6) is 1.34. The molecule has 0 atom stereocenters.